The van der Waals surface area contributed by atoms with Crippen LogP contribution in [0, 0.1) is 0 Å². The van der Waals surface area contributed by atoms with E-state index in [1.807, 2.05) is 30.3 Å². The van der Waals surface area contributed by atoms with Gasteiger partial charge < -0.3 is 0 Å². The predicted molar refractivity (Wildman–Crippen MR) is 71.9 cm³/mol. The van der Waals surface area contributed by atoms with Gasteiger partial charge >= 0.3 is 0 Å². The second kappa shape index (κ2) is 6.99. The van der Waals surface area contributed by atoms with Crippen LogP contribution in [0.1, 0.15) is 12.0 Å². The summed E-state index contributed by atoms with van der Waals surface area (Å²) in [5.74, 6) is 0.507. The molecule has 3 nitrogen and oxygen atoms in total. The van der Waals surface area contributed by atoms with E-state index in [9.17, 15) is 8.42 Å². The number of hydrogen-bond acceptors (Lipinski definition) is 2. The molecule has 0 radical (unpaired) electrons. The standard InChI is InChI=1S/C12H18ClNO2S/c1-14(17(15,16)11-5-9-13)10-8-12-6-3-2-4-7-12/h2-4,6-7H,5,8-11H2,1H3. The van der Waals surface area contributed by atoms with Crippen molar-refractivity contribution >= 4 is 21.6 Å². The molecule has 0 aliphatic heterocycles. The van der Waals surface area contributed by atoms with E-state index in [0.29, 0.717) is 18.8 Å². The van der Waals surface area contributed by atoms with Crippen LogP contribution in [0.25, 0.3) is 0 Å². The molecular weight excluding hydrogens is 258 g/mol. The highest BCUT2D eigenvalue weighted by atomic mass is 35.5. The van der Waals surface area contributed by atoms with Gasteiger partial charge in [-0.25, -0.2) is 12.7 Å². The number of alkyl halides is 1. The zero-order valence-electron chi connectivity index (χ0n) is 9.97. The van der Waals surface area contributed by atoms with Crippen LogP contribution in [0.5, 0.6) is 0 Å². The molecule has 0 unspecified atom stereocenters. The van der Waals surface area contributed by atoms with E-state index in [2.05, 4.69) is 0 Å². The van der Waals surface area contributed by atoms with Crippen molar-refractivity contribution in [3.8, 4) is 0 Å². The molecule has 1 aromatic rings. The lowest BCUT2D eigenvalue weighted by atomic mass is 10.2. The Balaban J connectivity index is 2.47. The molecule has 0 amide bonds. The first kappa shape index (κ1) is 14.5. The van der Waals surface area contributed by atoms with E-state index in [-0.39, 0.29) is 5.75 Å². The van der Waals surface area contributed by atoms with Gasteiger partial charge in [-0.15, -0.1) is 11.6 Å². The van der Waals surface area contributed by atoms with Crippen molar-refractivity contribution in [2.24, 2.45) is 0 Å². The number of likely N-dealkylation sites (N-methyl/N-ethyl adjacent to an activating group) is 1. The molecule has 0 bridgehead atoms. The van der Waals surface area contributed by atoms with Crippen molar-refractivity contribution in [1.82, 2.24) is 4.31 Å². The summed E-state index contributed by atoms with van der Waals surface area (Å²) in [6.45, 7) is 0.509. The number of halogens is 1. The highest BCUT2D eigenvalue weighted by Crippen LogP contribution is 2.05. The summed E-state index contributed by atoms with van der Waals surface area (Å²) in [6.07, 6.45) is 1.23. The first-order valence-corrected chi connectivity index (χ1v) is 7.74. The van der Waals surface area contributed by atoms with Crippen molar-refractivity contribution in [2.75, 3.05) is 25.2 Å². The highest BCUT2D eigenvalue weighted by molar-refractivity contribution is 7.89. The number of benzene rings is 1. The average Bonchev–Trinajstić information content (AvgIpc) is 2.34. The maximum atomic E-state index is 11.8. The molecule has 1 rings (SSSR count). The van der Waals surface area contributed by atoms with Gasteiger partial charge in [0.05, 0.1) is 5.75 Å². The summed E-state index contributed by atoms with van der Waals surface area (Å²) in [5, 5.41) is 0. The van der Waals surface area contributed by atoms with Gasteiger partial charge in [-0.2, -0.15) is 0 Å². The Bertz CT molecular complexity index is 419. The minimum Gasteiger partial charge on any atom is -0.212 e. The van der Waals surface area contributed by atoms with Gasteiger partial charge in [0.15, 0.2) is 0 Å². The van der Waals surface area contributed by atoms with Crippen LogP contribution >= 0.6 is 11.6 Å². The lowest BCUT2D eigenvalue weighted by Crippen LogP contribution is -2.31. The van der Waals surface area contributed by atoms with E-state index in [0.717, 1.165) is 12.0 Å². The third-order valence-electron chi connectivity index (χ3n) is 2.57. The Morgan fingerprint density at radius 1 is 1.24 bits per heavy atom. The molecule has 0 saturated heterocycles. The summed E-state index contributed by atoms with van der Waals surface area (Å²) in [5.41, 5.74) is 1.15. The molecule has 0 heterocycles. The Morgan fingerprint density at radius 3 is 2.47 bits per heavy atom. The molecule has 0 saturated carbocycles. The number of rotatable bonds is 7. The summed E-state index contributed by atoms with van der Waals surface area (Å²) >= 11 is 5.50. The van der Waals surface area contributed by atoms with Crippen molar-refractivity contribution in [2.45, 2.75) is 12.8 Å². The number of nitrogens with zero attached hydrogens (tertiary/aromatic N) is 1. The van der Waals surface area contributed by atoms with Crippen LogP contribution < -0.4 is 0 Å². The van der Waals surface area contributed by atoms with Gasteiger partial charge in [0.1, 0.15) is 0 Å². The van der Waals surface area contributed by atoms with E-state index < -0.39 is 10.0 Å². The SMILES string of the molecule is CN(CCc1ccccc1)S(=O)(=O)CCCCl. The Hall–Kier alpha value is -0.580. The second-order valence-electron chi connectivity index (χ2n) is 3.92. The fourth-order valence-electron chi connectivity index (χ4n) is 1.46. The van der Waals surface area contributed by atoms with Crippen LogP contribution in [0.15, 0.2) is 30.3 Å². The van der Waals surface area contributed by atoms with Crippen LogP contribution in [-0.2, 0) is 16.4 Å². The van der Waals surface area contributed by atoms with Crippen molar-refractivity contribution in [1.29, 1.82) is 0 Å². The van der Waals surface area contributed by atoms with Gasteiger partial charge in [-0.1, -0.05) is 30.3 Å². The Labute approximate surface area is 108 Å². The van der Waals surface area contributed by atoms with E-state index in [1.54, 1.807) is 7.05 Å². The maximum Gasteiger partial charge on any atom is 0.213 e. The molecule has 1 aromatic carbocycles. The molecule has 0 N–H and O–H groups in total. The summed E-state index contributed by atoms with van der Waals surface area (Å²) < 4.78 is 25.0. The van der Waals surface area contributed by atoms with Crippen LogP contribution in [-0.4, -0.2) is 37.9 Å². The minimum absolute atomic E-state index is 0.127. The van der Waals surface area contributed by atoms with Gasteiger partial charge in [0.2, 0.25) is 10.0 Å². The lowest BCUT2D eigenvalue weighted by molar-refractivity contribution is 0.472. The maximum absolute atomic E-state index is 11.8. The fraction of sp³-hybridized carbons (Fsp3) is 0.500. The molecule has 0 atom stereocenters. The summed E-state index contributed by atoms with van der Waals surface area (Å²) in [7, 11) is -1.53. The fourth-order valence-corrected chi connectivity index (χ4v) is 2.95. The van der Waals surface area contributed by atoms with Gasteiger partial charge in [0.25, 0.3) is 0 Å². The third kappa shape index (κ3) is 5.06. The smallest absolute Gasteiger partial charge is 0.212 e. The molecular formula is C12H18ClNO2S. The number of hydrogen-bond donors (Lipinski definition) is 0. The Kier molecular flexibility index (Phi) is 5.95. The first-order chi connectivity index (χ1) is 8.06. The van der Waals surface area contributed by atoms with Crippen molar-refractivity contribution < 1.29 is 8.42 Å². The Morgan fingerprint density at radius 2 is 1.88 bits per heavy atom. The molecule has 96 valence electrons. The molecule has 17 heavy (non-hydrogen) atoms. The molecule has 5 heteroatoms. The summed E-state index contributed by atoms with van der Waals surface area (Å²) in [4.78, 5) is 0. The zero-order chi connectivity index (χ0) is 12.7. The molecule has 0 aromatic heterocycles. The van der Waals surface area contributed by atoms with Crippen LogP contribution in [0.3, 0.4) is 0 Å². The normalized spacial score (nSPS) is 11.9. The van der Waals surface area contributed by atoms with E-state index in [4.69, 9.17) is 11.6 Å². The average molecular weight is 276 g/mol. The topological polar surface area (TPSA) is 37.4 Å². The molecule has 0 aliphatic carbocycles. The van der Waals surface area contributed by atoms with E-state index >= 15 is 0 Å². The van der Waals surface area contributed by atoms with Gasteiger partial charge in [0, 0.05) is 19.5 Å². The van der Waals surface area contributed by atoms with Gasteiger partial charge in [-0.3, -0.25) is 0 Å². The second-order valence-corrected chi connectivity index (χ2v) is 6.49. The summed E-state index contributed by atoms with van der Waals surface area (Å²) in [6, 6.07) is 9.86. The third-order valence-corrected chi connectivity index (χ3v) is 4.77. The number of sulfonamides is 1. The molecule has 0 spiro atoms. The quantitative estimate of drug-likeness (QED) is 0.715. The monoisotopic (exact) mass is 275 g/mol. The minimum atomic E-state index is -3.14. The zero-order valence-corrected chi connectivity index (χ0v) is 11.5. The molecule has 0 fully saturated rings. The highest BCUT2D eigenvalue weighted by Gasteiger charge is 2.16. The van der Waals surface area contributed by atoms with Crippen LogP contribution in [0.4, 0.5) is 0 Å². The van der Waals surface area contributed by atoms with E-state index in [1.165, 1.54) is 4.31 Å². The molecule has 0 aliphatic rings. The van der Waals surface area contributed by atoms with Crippen molar-refractivity contribution in [3.05, 3.63) is 35.9 Å². The predicted octanol–water partition coefficient (Wildman–Crippen LogP) is 2.12. The first-order valence-electron chi connectivity index (χ1n) is 5.60. The largest absolute Gasteiger partial charge is 0.213 e. The van der Waals surface area contributed by atoms with Crippen LogP contribution in [0.2, 0.25) is 0 Å². The van der Waals surface area contributed by atoms with Crippen molar-refractivity contribution in [3.63, 3.8) is 0 Å². The lowest BCUT2D eigenvalue weighted by Gasteiger charge is -2.16. The van der Waals surface area contributed by atoms with Gasteiger partial charge in [-0.05, 0) is 18.4 Å².